The van der Waals surface area contributed by atoms with Crippen molar-refractivity contribution < 1.29 is 13.2 Å². The molecule has 0 spiro atoms. The first-order chi connectivity index (χ1) is 7.81. The van der Waals surface area contributed by atoms with E-state index in [1.807, 2.05) is 30.3 Å². The second kappa shape index (κ2) is 5.51. The van der Waals surface area contributed by atoms with Crippen LogP contribution in [0.2, 0.25) is 0 Å². The molecule has 96 valence electrons. The van der Waals surface area contributed by atoms with Crippen molar-refractivity contribution in [3.05, 3.63) is 35.9 Å². The molecule has 0 aliphatic rings. The molecule has 0 bridgehead atoms. The smallest absolute Gasteiger partial charge is 0.321 e. The molecule has 1 unspecified atom stereocenters. The summed E-state index contributed by atoms with van der Waals surface area (Å²) >= 11 is 0. The first-order valence-corrected chi connectivity index (χ1v) is 5.43. The van der Waals surface area contributed by atoms with Crippen LogP contribution in [0.4, 0.5) is 13.2 Å². The summed E-state index contributed by atoms with van der Waals surface area (Å²) < 4.78 is 35.8. The quantitative estimate of drug-likeness (QED) is 0.783. The van der Waals surface area contributed by atoms with Crippen LogP contribution in [0.3, 0.4) is 0 Å². The van der Waals surface area contributed by atoms with Gasteiger partial charge in [-0.15, -0.1) is 0 Å². The average Bonchev–Trinajstić information content (AvgIpc) is 2.25. The maximum atomic E-state index is 11.9. The van der Waals surface area contributed by atoms with Gasteiger partial charge in [0.05, 0.1) is 12.0 Å². The number of nitrogens with two attached hydrogens (primary N) is 1. The summed E-state index contributed by atoms with van der Waals surface area (Å²) in [6.45, 7) is 2.00. The van der Waals surface area contributed by atoms with Gasteiger partial charge in [-0.05, 0) is 12.5 Å². The number of hydrogen-bond acceptors (Lipinski definition) is 2. The number of nitrogens with one attached hydrogen (secondary N) is 1. The molecule has 1 atom stereocenters. The summed E-state index contributed by atoms with van der Waals surface area (Å²) in [6.07, 6.45) is -4.96. The predicted octanol–water partition coefficient (Wildman–Crippen LogP) is 2.40. The minimum Gasteiger partial charge on any atom is -0.321 e. The van der Waals surface area contributed by atoms with Crippen LogP contribution in [-0.4, -0.2) is 19.3 Å². The van der Waals surface area contributed by atoms with Crippen LogP contribution >= 0.6 is 0 Å². The zero-order valence-corrected chi connectivity index (χ0v) is 9.72. The minimum atomic E-state index is -4.12. The molecule has 0 heterocycles. The van der Waals surface area contributed by atoms with Gasteiger partial charge in [0.15, 0.2) is 0 Å². The van der Waals surface area contributed by atoms with Crippen molar-refractivity contribution in [1.82, 2.24) is 5.32 Å². The summed E-state index contributed by atoms with van der Waals surface area (Å²) in [5.74, 6) is 0. The second-order valence-corrected chi connectivity index (χ2v) is 4.33. The lowest BCUT2D eigenvalue weighted by Crippen LogP contribution is -2.44. The monoisotopic (exact) mass is 246 g/mol. The van der Waals surface area contributed by atoms with Crippen molar-refractivity contribution in [1.29, 1.82) is 0 Å². The van der Waals surface area contributed by atoms with E-state index in [4.69, 9.17) is 5.73 Å². The lowest BCUT2D eigenvalue weighted by atomic mass is 9.93. The fraction of sp³-hybridized carbons (Fsp3) is 0.500. The van der Waals surface area contributed by atoms with Crippen LogP contribution < -0.4 is 11.1 Å². The van der Waals surface area contributed by atoms with E-state index in [1.165, 1.54) is 0 Å². The molecule has 0 saturated carbocycles. The summed E-state index contributed by atoms with van der Waals surface area (Å²) in [4.78, 5) is 0. The van der Waals surface area contributed by atoms with Gasteiger partial charge in [-0.3, -0.25) is 0 Å². The third-order valence-electron chi connectivity index (χ3n) is 2.51. The van der Waals surface area contributed by atoms with Crippen LogP contribution in [-0.2, 0) is 5.54 Å². The molecular formula is C12H17F3N2. The summed E-state index contributed by atoms with van der Waals surface area (Å²) in [5.41, 5.74) is 6.29. The fourth-order valence-electron chi connectivity index (χ4n) is 1.50. The molecule has 0 saturated heterocycles. The highest BCUT2D eigenvalue weighted by Crippen LogP contribution is 2.19. The van der Waals surface area contributed by atoms with Crippen LogP contribution in [0.1, 0.15) is 18.9 Å². The Kier molecular flexibility index (Phi) is 4.54. The van der Waals surface area contributed by atoms with Gasteiger partial charge in [0, 0.05) is 13.1 Å². The Morgan fingerprint density at radius 3 is 2.29 bits per heavy atom. The van der Waals surface area contributed by atoms with Crippen molar-refractivity contribution in [3.63, 3.8) is 0 Å². The summed E-state index contributed by atoms with van der Waals surface area (Å²) in [6, 6.07) is 9.32. The molecule has 1 rings (SSSR count). The highest BCUT2D eigenvalue weighted by atomic mass is 19.4. The first-order valence-electron chi connectivity index (χ1n) is 5.43. The molecule has 0 aliphatic heterocycles. The van der Waals surface area contributed by atoms with Gasteiger partial charge in [0.1, 0.15) is 0 Å². The molecule has 2 nitrogen and oxygen atoms in total. The molecule has 1 aromatic rings. The van der Waals surface area contributed by atoms with Crippen molar-refractivity contribution in [2.24, 2.45) is 5.73 Å². The molecule has 0 radical (unpaired) electrons. The lowest BCUT2D eigenvalue weighted by molar-refractivity contribution is -0.133. The zero-order valence-electron chi connectivity index (χ0n) is 9.72. The third kappa shape index (κ3) is 5.19. The van der Waals surface area contributed by atoms with Gasteiger partial charge in [0.25, 0.3) is 0 Å². The molecule has 0 fully saturated rings. The number of halogens is 3. The SMILES string of the molecule is CC(N)(CNCCC(F)(F)F)c1ccccc1. The molecular weight excluding hydrogens is 229 g/mol. The Morgan fingerprint density at radius 1 is 1.18 bits per heavy atom. The van der Waals surface area contributed by atoms with E-state index in [9.17, 15) is 13.2 Å². The molecule has 3 N–H and O–H groups in total. The number of rotatable bonds is 5. The van der Waals surface area contributed by atoms with Crippen LogP contribution in [0.5, 0.6) is 0 Å². The fourth-order valence-corrected chi connectivity index (χ4v) is 1.50. The average molecular weight is 246 g/mol. The highest BCUT2D eigenvalue weighted by molar-refractivity contribution is 5.23. The lowest BCUT2D eigenvalue weighted by Gasteiger charge is -2.25. The minimum absolute atomic E-state index is 0.108. The molecule has 0 aromatic heterocycles. The Bertz CT molecular complexity index is 333. The molecule has 5 heteroatoms. The molecule has 0 amide bonds. The summed E-state index contributed by atoms with van der Waals surface area (Å²) in [5, 5.41) is 2.74. The number of hydrogen-bond donors (Lipinski definition) is 2. The van der Waals surface area contributed by atoms with E-state index in [2.05, 4.69) is 5.32 Å². The van der Waals surface area contributed by atoms with Gasteiger partial charge < -0.3 is 11.1 Å². The van der Waals surface area contributed by atoms with E-state index in [1.54, 1.807) is 6.92 Å². The normalized spacial score (nSPS) is 15.6. The second-order valence-electron chi connectivity index (χ2n) is 4.33. The first kappa shape index (κ1) is 14.0. The number of benzene rings is 1. The Hall–Kier alpha value is -1.07. The van der Waals surface area contributed by atoms with Gasteiger partial charge >= 0.3 is 6.18 Å². The number of alkyl halides is 3. The Labute approximate surface area is 99.0 Å². The Balaban J connectivity index is 2.41. The largest absolute Gasteiger partial charge is 0.390 e. The molecule has 1 aromatic carbocycles. The maximum Gasteiger partial charge on any atom is 0.390 e. The van der Waals surface area contributed by atoms with Gasteiger partial charge in [0.2, 0.25) is 0 Å². The highest BCUT2D eigenvalue weighted by Gasteiger charge is 2.27. The van der Waals surface area contributed by atoms with Crippen molar-refractivity contribution in [3.8, 4) is 0 Å². The molecule has 0 aliphatic carbocycles. The standard InChI is InChI=1S/C12H17F3N2/c1-11(16,10-5-3-2-4-6-10)9-17-8-7-12(13,14)15/h2-6,17H,7-9,16H2,1H3. The van der Waals surface area contributed by atoms with E-state index in [0.29, 0.717) is 6.54 Å². The Morgan fingerprint density at radius 2 is 1.76 bits per heavy atom. The zero-order chi connectivity index (χ0) is 12.9. The summed E-state index contributed by atoms with van der Waals surface area (Å²) in [7, 11) is 0. The third-order valence-corrected chi connectivity index (χ3v) is 2.51. The van der Waals surface area contributed by atoms with Crippen molar-refractivity contribution in [2.75, 3.05) is 13.1 Å². The van der Waals surface area contributed by atoms with E-state index >= 15 is 0 Å². The van der Waals surface area contributed by atoms with Crippen LogP contribution in [0.15, 0.2) is 30.3 Å². The molecule has 17 heavy (non-hydrogen) atoms. The van der Waals surface area contributed by atoms with Crippen LogP contribution in [0.25, 0.3) is 0 Å². The topological polar surface area (TPSA) is 38.0 Å². The van der Waals surface area contributed by atoms with Crippen molar-refractivity contribution >= 4 is 0 Å². The van der Waals surface area contributed by atoms with Crippen LogP contribution in [0, 0.1) is 0 Å². The van der Waals surface area contributed by atoms with Gasteiger partial charge in [-0.1, -0.05) is 30.3 Å². The van der Waals surface area contributed by atoms with E-state index in [0.717, 1.165) is 5.56 Å². The van der Waals surface area contributed by atoms with E-state index in [-0.39, 0.29) is 6.54 Å². The van der Waals surface area contributed by atoms with Crippen molar-refractivity contribution in [2.45, 2.75) is 25.1 Å². The van der Waals surface area contributed by atoms with Gasteiger partial charge in [-0.25, -0.2) is 0 Å². The van der Waals surface area contributed by atoms with Gasteiger partial charge in [-0.2, -0.15) is 13.2 Å². The predicted molar refractivity (Wildman–Crippen MR) is 61.5 cm³/mol. The maximum absolute atomic E-state index is 11.9. The van der Waals surface area contributed by atoms with E-state index < -0.39 is 18.1 Å².